The van der Waals surface area contributed by atoms with Crippen molar-refractivity contribution in [3.63, 3.8) is 0 Å². The summed E-state index contributed by atoms with van der Waals surface area (Å²) in [6, 6.07) is 10.2. The van der Waals surface area contributed by atoms with Gasteiger partial charge in [0.25, 0.3) is 0 Å². The molecular formula is C26H37Cl5N4O4. The number of carbonyl (C=O) groups excluding carboxylic acids is 1. The van der Waals surface area contributed by atoms with Crippen LogP contribution in [0.5, 0.6) is 0 Å². The van der Waals surface area contributed by atoms with Crippen LogP contribution in [0.25, 0.3) is 0 Å². The van der Waals surface area contributed by atoms with Crippen LogP contribution in [0.4, 0.5) is 11.4 Å². The molecule has 0 radical (unpaired) electrons. The highest BCUT2D eigenvalue weighted by molar-refractivity contribution is 6.18. The van der Waals surface area contributed by atoms with Gasteiger partial charge in [0.2, 0.25) is 0 Å². The molecule has 0 bridgehead atoms. The summed E-state index contributed by atoms with van der Waals surface area (Å²) in [7, 11) is 0. The Balaban J connectivity index is 0.0000106. The third-order valence-corrected chi connectivity index (χ3v) is 5.63. The SMILES string of the molecule is Cl.Cl.[2H]C([2H])(Cl)C([2H])([2H])N(c1ccc(C[C@H](N)C(=O)OCCN(CCCl)c2ccc(C[C@H](N)C(=O)O)cc2)cc1)C([2H])([2H])C([2H])([2H])Cl. The average molecular weight is 655 g/mol. The maximum Gasteiger partial charge on any atom is 0.323 e. The summed E-state index contributed by atoms with van der Waals surface area (Å²) in [6.07, 6.45) is 0.151. The third kappa shape index (κ3) is 13.0. The van der Waals surface area contributed by atoms with Gasteiger partial charge in [-0.25, -0.2) is 0 Å². The molecule has 0 aliphatic carbocycles. The van der Waals surface area contributed by atoms with E-state index in [2.05, 4.69) is 0 Å². The van der Waals surface area contributed by atoms with Crippen molar-refractivity contribution in [1.82, 2.24) is 0 Å². The molecule has 2 aromatic rings. The normalized spacial score (nSPS) is 16.4. The molecular weight excluding hydrogens is 610 g/mol. The first-order chi connectivity index (χ1) is 20.6. The van der Waals surface area contributed by atoms with Crippen molar-refractivity contribution in [2.75, 3.05) is 60.0 Å². The van der Waals surface area contributed by atoms with E-state index in [1.807, 2.05) is 4.90 Å². The van der Waals surface area contributed by atoms with Gasteiger partial charge in [-0.1, -0.05) is 24.3 Å². The molecule has 0 unspecified atom stereocenters. The lowest BCUT2D eigenvalue weighted by molar-refractivity contribution is -0.145. The van der Waals surface area contributed by atoms with Crippen LogP contribution >= 0.6 is 59.6 Å². The van der Waals surface area contributed by atoms with Gasteiger partial charge in [-0.05, 0) is 48.2 Å². The molecule has 0 saturated heterocycles. The van der Waals surface area contributed by atoms with Gasteiger partial charge in [0, 0.05) is 53.9 Å². The number of benzene rings is 2. The number of nitrogens with zero attached hydrogens (tertiary/aromatic N) is 2. The maximum absolute atomic E-state index is 12.6. The van der Waals surface area contributed by atoms with Gasteiger partial charge < -0.3 is 31.1 Å². The van der Waals surface area contributed by atoms with Gasteiger partial charge in [-0.3, -0.25) is 9.59 Å². The second-order valence-electron chi connectivity index (χ2n) is 7.88. The van der Waals surface area contributed by atoms with Crippen LogP contribution in [-0.2, 0) is 27.2 Å². The van der Waals surface area contributed by atoms with Gasteiger partial charge in [0.15, 0.2) is 0 Å². The lowest BCUT2D eigenvalue weighted by Crippen LogP contribution is -2.37. The zero-order valence-electron chi connectivity index (χ0n) is 28.7. The Morgan fingerprint density at radius 3 is 1.72 bits per heavy atom. The predicted molar refractivity (Wildman–Crippen MR) is 166 cm³/mol. The highest BCUT2D eigenvalue weighted by atomic mass is 35.5. The van der Waals surface area contributed by atoms with Crippen LogP contribution in [0.1, 0.15) is 22.1 Å². The molecule has 2 atom stereocenters. The van der Waals surface area contributed by atoms with E-state index in [1.165, 1.54) is 24.3 Å². The van der Waals surface area contributed by atoms with Crippen molar-refractivity contribution in [3.05, 3.63) is 59.7 Å². The molecule has 0 amide bonds. The molecule has 0 fully saturated rings. The quantitative estimate of drug-likeness (QED) is 0.173. The van der Waals surface area contributed by atoms with Crippen molar-refractivity contribution in [1.29, 1.82) is 0 Å². The largest absolute Gasteiger partial charge is 0.480 e. The van der Waals surface area contributed by atoms with Crippen molar-refractivity contribution >= 4 is 82.9 Å². The molecule has 0 aromatic heterocycles. The summed E-state index contributed by atoms with van der Waals surface area (Å²) >= 11 is 17.1. The first-order valence-corrected chi connectivity index (χ1v) is 12.5. The van der Waals surface area contributed by atoms with Crippen LogP contribution in [0.2, 0.25) is 0 Å². The zero-order chi connectivity index (χ0) is 34.4. The van der Waals surface area contributed by atoms with Gasteiger partial charge in [-0.15, -0.1) is 59.6 Å². The summed E-state index contributed by atoms with van der Waals surface area (Å²) in [5.41, 5.74) is 13.4. The number of rotatable bonds is 17. The topological polar surface area (TPSA) is 122 Å². The summed E-state index contributed by atoms with van der Waals surface area (Å²) < 4.78 is 68.6. The van der Waals surface area contributed by atoms with E-state index in [9.17, 15) is 9.59 Å². The number of carboxylic acid groups (broad SMARTS) is 1. The second kappa shape index (κ2) is 20.3. The van der Waals surface area contributed by atoms with E-state index in [4.69, 9.17) is 67.1 Å². The molecule has 0 spiro atoms. The summed E-state index contributed by atoms with van der Waals surface area (Å²) in [5, 5.41) is 9.00. The van der Waals surface area contributed by atoms with Crippen molar-refractivity contribution in [2.24, 2.45) is 11.5 Å². The fraction of sp³-hybridized carbons (Fsp3) is 0.462. The molecule has 2 rings (SSSR count). The van der Waals surface area contributed by atoms with Crippen LogP contribution in [-0.4, -0.2) is 79.4 Å². The smallest absolute Gasteiger partial charge is 0.323 e. The molecule has 0 heterocycles. The van der Waals surface area contributed by atoms with E-state index < -0.39 is 48.7 Å². The highest BCUT2D eigenvalue weighted by Crippen LogP contribution is 2.18. The predicted octanol–water partition coefficient (Wildman–Crippen LogP) is 3.93. The van der Waals surface area contributed by atoms with E-state index in [1.54, 1.807) is 24.3 Å². The molecule has 13 heteroatoms. The number of hydrogen-bond donors (Lipinski definition) is 3. The van der Waals surface area contributed by atoms with Crippen LogP contribution in [0.15, 0.2) is 48.5 Å². The summed E-state index contributed by atoms with van der Waals surface area (Å²) in [6.45, 7) is -5.80. The standard InChI is InChI=1S/C26H35Cl3N4O4.2ClH/c27-9-12-32(13-10-28)21-5-3-20(4-6-21)18-24(31)26(36)37-16-15-33(14-11-29)22-7-1-19(2-8-22)17-23(30)25(34)35;;/h1-8,23-24H,9-18,30-31H2,(H,34,35);2*1H/t23-,24-;;/m0../s1/i9D2,10D2,12D2,13D2;;. The molecule has 5 N–H and O–H groups in total. The number of esters is 1. The molecule has 0 aliphatic heterocycles. The zero-order valence-corrected chi connectivity index (χ0v) is 24.6. The maximum atomic E-state index is 12.6. The Kier molecular flexibility index (Phi) is 13.0. The molecule has 2 aromatic carbocycles. The summed E-state index contributed by atoms with van der Waals surface area (Å²) in [4.78, 5) is 25.7. The summed E-state index contributed by atoms with van der Waals surface area (Å²) in [5.74, 6) is -7.80. The average Bonchev–Trinajstić information content (AvgIpc) is 2.92. The van der Waals surface area contributed by atoms with Crippen LogP contribution in [0, 0.1) is 0 Å². The Hall–Kier alpha value is -1.65. The number of nitrogens with two attached hydrogens (primary N) is 2. The first-order valence-electron chi connectivity index (χ1n) is 15.2. The molecule has 8 nitrogen and oxygen atoms in total. The first kappa shape index (κ1) is 25.1. The number of anilines is 2. The Morgan fingerprint density at radius 2 is 1.28 bits per heavy atom. The van der Waals surface area contributed by atoms with Gasteiger partial charge in [0.05, 0.1) is 12.0 Å². The lowest BCUT2D eigenvalue weighted by Gasteiger charge is -2.24. The van der Waals surface area contributed by atoms with Crippen molar-refractivity contribution in [2.45, 2.75) is 24.9 Å². The Morgan fingerprint density at radius 1 is 0.821 bits per heavy atom. The Labute approximate surface area is 268 Å². The van der Waals surface area contributed by atoms with Crippen LogP contribution in [0.3, 0.4) is 0 Å². The minimum atomic E-state index is -3.25. The lowest BCUT2D eigenvalue weighted by atomic mass is 10.1. The van der Waals surface area contributed by atoms with Gasteiger partial charge in [-0.2, -0.15) is 0 Å². The number of halogens is 5. The highest BCUT2D eigenvalue weighted by Gasteiger charge is 2.17. The number of aliphatic carboxylic acids is 1. The number of hydrogen-bond acceptors (Lipinski definition) is 7. The number of alkyl halides is 3. The minimum absolute atomic E-state index is 0. The number of carboxylic acids is 1. The van der Waals surface area contributed by atoms with Crippen molar-refractivity contribution < 1.29 is 30.4 Å². The number of carbonyl (C=O) groups is 2. The van der Waals surface area contributed by atoms with Gasteiger partial charge in [0.1, 0.15) is 18.7 Å². The van der Waals surface area contributed by atoms with E-state index in [0.29, 0.717) is 18.0 Å². The third-order valence-electron chi connectivity index (χ3n) is 5.30. The van der Waals surface area contributed by atoms with Gasteiger partial charge >= 0.3 is 11.9 Å². The fourth-order valence-electron chi connectivity index (χ4n) is 3.38. The molecule has 0 saturated carbocycles. The van der Waals surface area contributed by atoms with Crippen molar-refractivity contribution in [3.8, 4) is 0 Å². The van der Waals surface area contributed by atoms with E-state index in [-0.39, 0.29) is 61.4 Å². The molecule has 0 aliphatic rings. The molecule has 220 valence electrons. The molecule has 39 heavy (non-hydrogen) atoms. The Bertz CT molecular complexity index is 1260. The second-order valence-corrected chi connectivity index (χ2v) is 8.64. The van der Waals surface area contributed by atoms with Crippen LogP contribution < -0.4 is 21.3 Å². The minimum Gasteiger partial charge on any atom is -0.480 e. The monoisotopic (exact) mass is 652 g/mol. The van der Waals surface area contributed by atoms with E-state index in [0.717, 1.165) is 11.3 Å². The fourth-order valence-corrected chi connectivity index (χ4v) is 3.75. The number of ether oxygens (including phenoxy) is 1. The van der Waals surface area contributed by atoms with E-state index >= 15 is 0 Å².